The van der Waals surface area contributed by atoms with Crippen molar-refractivity contribution in [3.63, 3.8) is 0 Å². The number of rotatable bonds is 0. The minimum absolute atomic E-state index is 0.252. The molecule has 0 saturated carbocycles. The molecule has 0 amide bonds. The molecule has 4 aromatic rings. The van der Waals surface area contributed by atoms with Crippen molar-refractivity contribution >= 4 is 22.3 Å². The molecule has 0 aliphatic carbocycles. The van der Waals surface area contributed by atoms with Crippen molar-refractivity contribution in [3.8, 4) is 0 Å². The third kappa shape index (κ3) is 3.89. The second-order valence-electron chi connectivity index (χ2n) is 5.84. The van der Waals surface area contributed by atoms with Gasteiger partial charge >= 0.3 is 12.4 Å². The van der Waals surface area contributed by atoms with E-state index in [2.05, 4.69) is 19.9 Å². The summed E-state index contributed by atoms with van der Waals surface area (Å²) in [7, 11) is 3.35. The third-order valence-corrected chi connectivity index (χ3v) is 3.76. The van der Waals surface area contributed by atoms with Crippen LogP contribution in [0.3, 0.4) is 0 Å². The van der Waals surface area contributed by atoms with E-state index >= 15 is 0 Å². The van der Waals surface area contributed by atoms with Gasteiger partial charge in [0.1, 0.15) is 11.0 Å². The predicted octanol–water partition coefficient (Wildman–Crippen LogP) is 3.97. The van der Waals surface area contributed by atoms with Crippen LogP contribution < -0.4 is 0 Å². The number of halogens is 6. The van der Waals surface area contributed by atoms with E-state index in [-0.39, 0.29) is 11.0 Å². The highest BCUT2D eigenvalue weighted by Gasteiger charge is 2.32. The Balaban J connectivity index is 0.000000161. The predicted molar refractivity (Wildman–Crippen MR) is 87.0 cm³/mol. The lowest BCUT2D eigenvalue weighted by Gasteiger charge is -2.04. The van der Waals surface area contributed by atoms with Crippen LogP contribution in [0.15, 0.2) is 37.2 Å². The number of pyridine rings is 2. The summed E-state index contributed by atoms with van der Waals surface area (Å²) in [4.78, 5) is 15.0. The summed E-state index contributed by atoms with van der Waals surface area (Å²) in [5.41, 5.74) is -0.159. The van der Waals surface area contributed by atoms with Gasteiger partial charge in [-0.2, -0.15) is 26.3 Å². The van der Waals surface area contributed by atoms with E-state index in [1.54, 1.807) is 23.2 Å². The number of aromatic nitrogens is 6. The highest BCUT2D eigenvalue weighted by atomic mass is 19.4. The Kier molecular flexibility index (Phi) is 4.73. The topological polar surface area (TPSA) is 61.4 Å². The van der Waals surface area contributed by atoms with Crippen LogP contribution in [0.1, 0.15) is 11.1 Å². The van der Waals surface area contributed by atoms with E-state index in [0.29, 0.717) is 11.3 Å². The van der Waals surface area contributed by atoms with Crippen molar-refractivity contribution in [2.24, 2.45) is 14.1 Å². The summed E-state index contributed by atoms with van der Waals surface area (Å²) in [5.74, 6) is 0. The molecule has 0 aliphatic rings. The number of fused-ring (bicyclic) bond motifs is 2. The molecule has 4 heterocycles. The molecule has 0 aromatic carbocycles. The molecular weight excluding hydrogens is 390 g/mol. The maximum Gasteiger partial charge on any atom is 0.417 e. The van der Waals surface area contributed by atoms with Gasteiger partial charge in [0, 0.05) is 26.5 Å². The monoisotopic (exact) mass is 402 g/mol. The molecule has 6 nitrogen and oxygen atoms in total. The van der Waals surface area contributed by atoms with Gasteiger partial charge in [0.25, 0.3) is 0 Å². The van der Waals surface area contributed by atoms with Crippen molar-refractivity contribution in [3.05, 3.63) is 48.3 Å². The first kappa shape index (κ1) is 19.6. The van der Waals surface area contributed by atoms with Gasteiger partial charge in [0.05, 0.1) is 23.8 Å². The van der Waals surface area contributed by atoms with Gasteiger partial charge < -0.3 is 9.13 Å². The molecule has 0 N–H and O–H groups in total. The van der Waals surface area contributed by atoms with Crippen LogP contribution >= 0.6 is 0 Å². The molecule has 12 heteroatoms. The number of nitrogens with zero attached hydrogens (tertiary/aromatic N) is 6. The Hall–Kier alpha value is -3.18. The Labute approximate surface area is 153 Å². The molecule has 28 heavy (non-hydrogen) atoms. The second kappa shape index (κ2) is 6.77. The molecule has 0 saturated heterocycles. The summed E-state index contributed by atoms with van der Waals surface area (Å²) in [6.07, 6.45) is -4.25. The Morgan fingerprint density at radius 1 is 0.643 bits per heavy atom. The summed E-state index contributed by atoms with van der Waals surface area (Å²) >= 11 is 0. The first-order valence-corrected chi connectivity index (χ1v) is 7.65. The quantitative estimate of drug-likeness (QED) is 0.418. The maximum absolute atomic E-state index is 12.2. The van der Waals surface area contributed by atoms with Crippen molar-refractivity contribution in [1.29, 1.82) is 0 Å². The Morgan fingerprint density at radius 3 is 1.32 bits per heavy atom. The minimum atomic E-state index is -4.36. The molecule has 0 aliphatic heterocycles. The lowest BCUT2D eigenvalue weighted by Crippen LogP contribution is -2.05. The molecular formula is C16H12F6N6. The van der Waals surface area contributed by atoms with Crippen LogP contribution in [0, 0.1) is 0 Å². The average Bonchev–Trinajstić information content (AvgIpc) is 3.17. The average molecular weight is 402 g/mol. The van der Waals surface area contributed by atoms with Gasteiger partial charge in [0.2, 0.25) is 0 Å². The van der Waals surface area contributed by atoms with Gasteiger partial charge in [-0.15, -0.1) is 0 Å². The van der Waals surface area contributed by atoms with Crippen LogP contribution in [0.4, 0.5) is 26.3 Å². The van der Waals surface area contributed by atoms with Crippen molar-refractivity contribution in [2.45, 2.75) is 12.4 Å². The van der Waals surface area contributed by atoms with Crippen molar-refractivity contribution < 1.29 is 26.3 Å². The highest BCUT2D eigenvalue weighted by Crippen LogP contribution is 2.30. The summed E-state index contributed by atoms with van der Waals surface area (Å²) in [5, 5.41) is 0. The van der Waals surface area contributed by atoms with Gasteiger partial charge in [0.15, 0.2) is 11.3 Å². The van der Waals surface area contributed by atoms with Gasteiger partial charge in [-0.05, 0) is 12.1 Å². The fraction of sp³-hybridized carbons (Fsp3) is 0.250. The van der Waals surface area contributed by atoms with E-state index in [9.17, 15) is 26.3 Å². The van der Waals surface area contributed by atoms with Crippen LogP contribution in [-0.4, -0.2) is 29.1 Å². The Bertz CT molecular complexity index is 1030. The summed E-state index contributed by atoms with van der Waals surface area (Å²) in [6.45, 7) is 0. The minimum Gasteiger partial charge on any atom is -0.318 e. The zero-order chi connectivity index (χ0) is 20.7. The van der Waals surface area contributed by atoms with E-state index in [0.717, 1.165) is 24.5 Å². The third-order valence-electron chi connectivity index (χ3n) is 3.76. The number of imidazole rings is 2. The summed E-state index contributed by atoms with van der Waals surface area (Å²) in [6, 6.07) is 1.98. The molecule has 0 bridgehead atoms. The van der Waals surface area contributed by atoms with Gasteiger partial charge in [-0.25, -0.2) is 19.9 Å². The zero-order valence-corrected chi connectivity index (χ0v) is 14.4. The smallest absolute Gasteiger partial charge is 0.318 e. The molecule has 0 radical (unpaired) electrons. The lowest BCUT2D eigenvalue weighted by molar-refractivity contribution is -0.138. The first-order chi connectivity index (χ1) is 13.0. The number of alkyl halides is 6. The van der Waals surface area contributed by atoms with Crippen LogP contribution in [-0.2, 0) is 26.4 Å². The van der Waals surface area contributed by atoms with Gasteiger partial charge in [-0.1, -0.05) is 0 Å². The van der Waals surface area contributed by atoms with E-state index < -0.39 is 23.5 Å². The molecule has 0 spiro atoms. The maximum atomic E-state index is 12.2. The SMILES string of the molecule is Cn1cnc2cc(C(F)(F)F)cnc21.Cn1cnc2cc(C(F)(F)F)cnc21. The molecule has 4 rings (SSSR count). The lowest BCUT2D eigenvalue weighted by atomic mass is 10.2. The number of aryl methyl sites for hydroxylation is 2. The van der Waals surface area contributed by atoms with E-state index in [1.807, 2.05) is 0 Å². The molecule has 0 fully saturated rings. The fourth-order valence-corrected chi connectivity index (χ4v) is 2.34. The van der Waals surface area contributed by atoms with Crippen molar-refractivity contribution in [1.82, 2.24) is 29.1 Å². The highest BCUT2D eigenvalue weighted by molar-refractivity contribution is 5.71. The standard InChI is InChI=1S/2C8H6F3N3/c2*1-14-4-13-6-2-5(8(9,10)11)3-12-7(6)14/h2*2-4H,1H3. The molecule has 0 unspecified atom stereocenters. The zero-order valence-electron chi connectivity index (χ0n) is 14.4. The normalized spacial score (nSPS) is 12.3. The Morgan fingerprint density at radius 2 is 1.00 bits per heavy atom. The molecule has 148 valence electrons. The van der Waals surface area contributed by atoms with E-state index in [4.69, 9.17) is 0 Å². The largest absolute Gasteiger partial charge is 0.417 e. The van der Waals surface area contributed by atoms with Crippen LogP contribution in [0.25, 0.3) is 22.3 Å². The second-order valence-corrected chi connectivity index (χ2v) is 5.84. The fourth-order valence-electron chi connectivity index (χ4n) is 2.34. The number of hydrogen-bond acceptors (Lipinski definition) is 4. The van der Waals surface area contributed by atoms with E-state index in [1.165, 1.54) is 12.7 Å². The van der Waals surface area contributed by atoms with Gasteiger partial charge in [-0.3, -0.25) is 0 Å². The molecule has 4 aromatic heterocycles. The van der Waals surface area contributed by atoms with Crippen LogP contribution in [0.5, 0.6) is 0 Å². The molecule has 0 atom stereocenters. The van der Waals surface area contributed by atoms with Crippen molar-refractivity contribution in [2.75, 3.05) is 0 Å². The number of hydrogen-bond donors (Lipinski definition) is 0. The summed E-state index contributed by atoms with van der Waals surface area (Å²) < 4.78 is 76.6. The van der Waals surface area contributed by atoms with Crippen LogP contribution in [0.2, 0.25) is 0 Å². The first-order valence-electron chi connectivity index (χ1n) is 7.65.